The summed E-state index contributed by atoms with van der Waals surface area (Å²) in [5, 5.41) is 11.7. The van der Waals surface area contributed by atoms with Crippen molar-refractivity contribution in [3.8, 4) is 0 Å². The Bertz CT molecular complexity index is 345. The molecule has 0 aliphatic rings. The molecule has 0 aromatic carbocycles. The molecule has 3 nitrogen and oxygen atoms in total. The third-order valence-corrected chi connectivity index (χ3v) is 1.99. The van der Waals surface area contributed by atoms with E-state index in [2.05, 4.69) is 16.7 Å². The fourth-order valence-corrected chi connectivity index (χ4v) is 1.23. The standard InChI is InChI=1S/C11H14N2O/c1-3-11(13-14)5-4-10-6-7-12-9(2)8-10/h3,6-8,14H,1,4-5H2,2H3. The van der Waals surface area contributed by atoms with Crippen molar-refractivity contribution in [2.45, 2.75) is 19.8 Å². The Kier molecular flexibility index (Phi) is 3.85. The maximum absolute atomic E-state index is 8.56. The molecule has 1 aromatic rings. The zero-order chi connectivity index (χ0) is 10.4. The summed E-state index contributed by atoms with van der Waals surface area (Å²) in [6, 6.07) is 3.99. The van der Waals surface area contributed by atoms with E-state index in [0.29, 0.717) is 12.1 Å². The molecule has 0 aliphatic carbocycles. The molecule has 0 amide bonds. The molecule has 0 radical (unpaired) electrons. The van der Waals surface area contributed by atoms with Crippen LogP contribution in [0.2, 0.25) is 0 Å². The van der Waals surface area contributed by atoms with Crippen LogP contribution in [0.15, 0.2) is 36.1 Å². The Morgan fingerprint density at radius 3 is 3.07 bits per heavy atom. The van der Waals surface area contributed by atoms with E-state index in [1.54, 1.807) is 12.3 Å². The number of aromatic nitrogens is 1. The second kappa shape index (κ2) is 5.17. The van der Waals surface area contributed by atoms with Crippen molar-refractivity contribution in [1.29, 1.82) is 0 Å². The van der Waals surface area contributed by atoms with Gasteiger partial charge in [0, 0.05) is 11.9 Å². The normalized spacial score (nSPS) is 11.4. The van der Waals surface area contributed by atoms with E-state index in [9.17, 15) is 0 Å². The van der Waals surface area contributed by atoms with Gasteiger partial charge < -0.3 is 5.21 Å². The lowest BCUT2D eigenvalue weighted by Gasteiger charge is -2.01. The van der Waals surface area contributed by atoms with Crippen LogP contribution in [-0.2, 0) is 6.42 Å². The fourth-order valence-electron chi connectivity index (χ4n) is 1.23. The molecule has 1 aromatic heterocycles. The molecule has 0 bridgehead atoms. The van der Waals surface area contributed by atoms with Crippen molar-refractivity contribution >= 4 is 5.71 Å². The van der Waals surface area contributed by atoms with E-state index in [-0.39, 0.29) is 0 Å². The molecule has 0 unspecified atom stereocenters. The average molecular weight is 190 g/mol. The van der Waals surface area contributed by atoms with Gasteiger partial charge in [0.1, 0.15) is 0 Å². The maximum atomic E-state index is 8.56. The Labute approximate surface area is 83.8 Å². The fraction of sp³-hybridized carbons (Fsp3) is 0.273. The highest BCUT2D eigenvalue weighted by molar-refractivity contribution is 5.94. The number of pyridine rings is 1. The summed E-state index contributed by atoms with van der Waals surface area (Å²) < 4.78 is 0. The van der Waals surface area contributed by atoms with Crippen molar-refractivity contribution in [3.05, 3.63) is 42.2 Å². The zero-order valence-electron chi connectivity index (χ0n) is 8.27. The van der Waals surface area contributed by atoms with Crippen LogP contribution >= 0.6 is 0 Å². The zero-order valence-corrected chi connectivity index (χ0v) is 8.27. The van der Waals surface area contributed by atoms with Crippen LogP contribution in [0.5, 0.6) is 0 Å². The van der Waals surface area contributed by atoms with E-state index < -0.39 is 0 Å². The van der Waals surface area contributed by atoms with E-state index in [1.807, 2.05) is 19.1 Å². The van der Waals surface area contributed by atoms with Crippen LogP contribution in [0.4, 0.5) is 0 Å². The summed E-state index contributed by atoms with van der Waals surface area (Å²) in [6.45, 7) is 5.51. The van der Waals surface area contributed by atoms with Gasteiger partial charge in [0.25, 0.3) is 0 Å². The van der Waals surface area contributed by atoms with Gasteiger partial charge in [-0.2, -0.15) is 0 Å². The number of allylic oxidation sites excluding steroid dienone is 1. The van der Waals surface area contributed by atoms with Crippen LogP contribution in [0, 0.1) is 6.92 Å². The van der Waals surface area contributed by atoms with Crippen molar-refractivity contribution in [1.82, 2.24) is 4.98 Å². The van der Waals surface area contributed by atoms with Crippen molar-refractivity contribution in [2.24, 2.45) is 5.16 Å². The Morgan fingerprint density at radius 2 is 2.50 bits per heavy atom. The lowest BCUT2D eigenvalue weighted by molar-refractivity contribution is 0.318. The summed E-state index contributed by atoms with van der Waals surface area (Å²) in [4.78, 5) is 4.11. The van der Waals surface area contributed by atoms with E-state index in [1.165, 1.54) is 5.56 Å². The summed E-state index contributed by atoms with van der Waals surface area (Å²) in [5.41, 5.74) is 2.81. The molecule has 0 spiro atoms. The number of oxime groups is 1. The molecule has 0 fully saturated rings. The topological polar surface area (TPSA) is 45.5 Å². The molecule has 3 heteroatoms. The minimum Gasteiger partial charge on any atom is -0.411 e. The van der Waals surface area contributed by atoms with Gasteiger partial charge >= 0.3 is 0 Å². The molecule has 0 atom stereocenters. The van der Waals surface area contributed by atoms with Gasteiger partial charge in [-0.05, 0) is 43.5 Å². The van der Waals surface area contributed by atoms with Gasteiger partial charge in [0.15, 0.2) is 0 Å². The van der Waals surface area contributed by atoms with Gasteiger partial charge in [-0.1, -0.05) is 11.7 Å². The third kappa shape index (κ3) is 3.01. The first kappa shape index (κ1) is 10.4. The van der Waals surface area contributed by atoms with Gasteiger partial charge in [0.05, 0.1) is 5.71 Å². The smallest absolute Gasteiger partial charge is 0.0793 e. The number of rotatable bonds is 4. The predicted octanol–water partition coefficient (Wildman–Crippen LogP) is 2.34. The minimum atomic E-state index is 0.611. The summed E-state index contributed by atoms with van der Waals surface area (Å²) in [6.07, 6.45) is 4.89. The molecule has 0 saturated carbocycles. The molecular weight excluding hydrogens is 176 g/mol. The molecule has 1 rings (SSSR count). The molecule has 0 saturated heterocycles. The first-order valence-electron chi connectivity index (χ1n) is 4.51. The third-order valence-electron chi connectivity index (χ3n) is 1.99. The molecule has 74 valence electrons. The molecule has 1 heterocycles. The Balaban J connectivity index is 2.57. The number of hydrogen-bond acceptors (Lipinski definition) is 3. The van der Waals surface area contributed by atoms with Crippen LogP contribution in [-0.4, -0.2) is 15.9 Å². The van der Waals surface area contributed by atoms with Crippen LogP contribution in [0.1, 0.15) is 17.7 Å². The quantitative estimate of drug-likeness (QED) is 0.450. The van der Waals surface area contributed by atoms with E-state index >= 15 is 0 Å². The number of nitrogens with zero attached hydrogens (tertiary/aromatic N) is 2. The van der Waals surface area contributed by atoms with Crippen LogP contribution in [0.25, 0.3) is 0 Å². The summed E-state index contributed by atoms with van der Waals surface area (Å²) in [7, 11) is 0. The van der Waals surface area contributed by atoms with Crippen LogP contribution in [0.3, 0.4) is 0 Å². The SMILES string of the molecule is C=CC(CCc1ccnc(C)c1)=NO. The largest absolute Gasteiger partial charge is 0.411 e. The van der Waals surface area contributed by atoms with Gasteiger partial charge in [-0.15, -0.1) is 0 Å². The highest BCUT2D eigenvalue weighted by Crippen LogP contribution is 2.05. The highest BCUT2D eigenvalue weighted by Gasteiger charge is 1.97. The number of hydrogen-bond donors (Lipinski definition) is 1. The Morgan fingerprint density at radius 1 is 1.71 bits per heavy atom. The van der Waals surface area contributed by atoms with E-state index in [4.69, 9.17) is 5.21 Å². The second-order valence-electron chi connectivity index (χ2n) is 3.10. The van der Waals surface area contributed by atoms with Gasteiger partial charge in [0.2, 0.25) is 0 Å². The van der Waals surface area contributed by atoms with Crippen LogP contribution < -0.4 is 0 Å². The lowest BCUT2D eigenvalue weighted by atomic mass is 10.1. The molecule has 1 N–H and O–H groups in total. The second-order valence-corrected chi connectivity index (χ2v) is 3.10. The highest BCUT2D eigenvalue weighted by atomic mass is 16.4. The summed E-state index contributed by atoms with van der Waals surface area (Å²) >= 11 is 0. The molecule has 0 aliphatic heterocycles. The first-order valence-corrected chi connectivity index (χ1v) is 4.51. The van der Waals surface area contributed by atoms with Crippen molar-refractivity contribution in [3.63, 3.8) is 0 Å². The van der Waals surface area contributed by atoms with Crippen molar-refractivity contribution in [2.75, 3.05) is 0 Å². The predicted molar refractivity (Wildman–Crippen MR) is 56.7 cm³/mol. The first-order chi connectivity index (χ1) is 6.76. The monoisotopic (exact) mass is 190 g/mol. The van der Waals surface area contributed by atoms with Crippen molar-refractivity contribution < 1.29 is 5.21 Å². The van der Waals surface area contributed by atoms with Gasteiger partial charge in [-0.25, -0.2) is 0 Å². The lowest BCUT2D eigenvalue weighted by Crippen LogP contribution is -1.97. The van der Waals surface area contributed by atoms with Gasteiger partial charge in [-0.3, -0.25) is 4.98 Å². The van der Waals surface area contributed by atoms with E-state index in [0.717, 1.165) is 12.1 Å². The molecular formula is C11H14N2O. The minimum absolute atomic E-state index is 0.611. The summed E-state index contributed by atoms with van der Waals surface area (Å²) in [5.74, 6) is 0. The number of aryl methyl sites for hydroxylation is 2. The average Bonchev–Trinajstić information content (AvgIpc) is 2.19. The maximum Gasteiger partial charge on any atom is 0.0793 e. The Hall–Kier alpha value is -1.64. The molecule has 14 heavy (non-hydrogen) atoms.